The number of nitrogens with two attached hydrogens (primary N) is 1. The maximum Gasteiger partial charge on any atom is 1.00 e. The van der Waals surface area contributed by atoms with E-state index in [1.807, 2.05) is 24.3 Å². The molecule has 0 radical (unpaired) electrons. The Balaban J connectivity index is 0.00000312. The van der Waals surface area contributed by atoms with Crippen molar-refractivity contribution in [2.45, 2.75) is 31.3 Å². The number of aromatic nitrogens is 1. The Morgan fingerprint density at radius 3 is 2.60 bits per heavy atom. The summed E-state index contributed by atoms with van der Waals surface area (Å²) in [6.07, 6.45) is 1.50. The first-order valence-electron chi connectivity index (χ1n) is 7.42. The predicted molar refractivity (Wildman–Crippen MR) is 83.8 cm³/mol. The van der Waals surface area contributed by atoms with E-state index in [1.165, 1.54) is 0 Å². The molecular formula is C16H18KN3O5. The minimum Gasteiger partial charge on any atom is -0.548 e. The number of fused-ring (bicyclic) bond motifs is 1. The van der Waals surface area contributed by atoms with Gasteiger partial charge in [-0.15, -0.1) is 0 Å². The monoisotopic (exact) mass is 371 g/mol. The molecule has 25 heavy (non-hydrogen) atoms. The van der Waals surface area contributed by atoms with E-state index < -0.39 is 29.9 Å². The van der Waals surface area contributed by atoms with Crippen LogP contribution in [0.4, 0.5) is 0 Å². The van der Waals surface area contributed by atoms with Gasteiger partial charge in [-0.1, -0.05) is 18.2 Å². The molecule has 0 unspecified atom stereocenters. The Bertz CT molecular complexity index is 761. The molecule has 5 N–H and O–H groups in total. The maximum atomic E-state index is 11.8. The molecule has 1 aromatic heterocycles. The molecule has 0 saturated heterocycles. The van der Waals surface area contributed by atoms with Gasteiger partial charge >= 0.3 is 57.4 Å². The van der Waals surface area contributed by atoms with E-state index in [0.717, 1.165) is 16.5 Å². The summed E-state index contributed by atoms with van der Waals surface area (Å²) in [6.45, 7) is 0. The number of carboxylic acid groups (broad SMARTS) is 2. The van der Waals surface area contributed by atoms with Crippen LogP contribution in [-0.2, 0) is 20.8 Å². The van der Waals surface area contributed by atoms with Crippen molar-refractivity contribution in [2.75, 3.05) is 0 Å². The van der Waals surface area contributed by atoms with Gasteiger partial charge in [0.25, 0.3) is 0 Å². The first-order valence-corrected chi connectivity index (χ1v) is 7.42. The number of hydrogen-bond donors (Lipinski definition) is 4. The average molecular weight is 371 g/mol. The van der Waals surface area contributed by atoms with Crippen LogP contribution in [0, 0.1) is 0 Å². The van der Waals surface area contributed by atoms with Gasteiger partial charge in [-0.05, 0) is 18.1 Å². The first-order chi connectivity index (χ1) is 11.4. The number of carbonyl (C=O) groups excluding carboxylic acids is 2. The Hall–Kier alpha value is -1.23. The van der Waals surface area contributed by atoms with Crippen LogP contribution in [0.1, 0.15) is 18.4 Å². The summed E-state index contributed by atoms with van der Waals surface area (Å²) < 4.78 is 0. The molecule has 1 amide bonds. The van der Waals surface area contributed by atoms with Crippen molar-refractivity contribution >= 4 is 28.7 Å². The topological polar surface area (TPSA) is 148 Å². The largest absolute Gasteiger partial charge is 1.00 e. The molecule has 0 fully saturated rings. The molecule has 2 atom stereocenters. The SMILES string of the molecule is N[C@H](CCC(=O)N[C@H](Cc1c[nH]c2ccccc12)C(=O)[O-])C(=O)O.[K+]. The van der Waals surface area contributed by atoms with Gasteiger partial charge in [-0.2, -0.15) is 0 Å². The molecule has 0 aliphatic carbocycles. The number of rotatable bonds is 8. The van der Waals surface area contributed by atoms with Crippen LogP contribution in [0.25, 0.3) is 10.9 Å². The van der Waals surface area contributed by atoms with E-state index in [9.17, 15) is 19.5 Å². The van der Waals surface area contributed by atoms with Gasteiger partial charge in [0, 0.05) is 29.9 Å². The van der Waals surface area contributed by atoms with Crippen molar-refractivity contribution in [1.29, 1.82) is 0 Å². The molecule has 0 aliphatic rings. The van der Waals surface area contributed by atoms with Crippen LogP contribution >= 0.6 is 0 Å². The van der Waals surface area contributed by atoms with Crippen LogP contribution in [0.3, 0.4) is 0 Å². The Morgan fingerprint density at radius 1 is 1.28 bits per heavy atom. The normalized spacial score (nSPS) is 12.8. The fraction of sp³-hybridized carbons (Fsp3) is 0.312. The third-order valence-electron chi connectivity index (χ3n) is 3.72. The number of para-hydroxylation sites is 1. The molecule has 2 aromatic rings. The van der Waals surface area contributed by atoms with E-state index in [2.05, 4.69) is 10.3 Å². The number of hydrogen-bond acceptors (Lipinski definition) is 5. The van der Waals surface area contributed by atoms with Gasteiger partial charge in [-0.3, -0.25) is 9.59 Å². The number of nitrogens with one attached hydrogen (secondary N) is 2. The minimum atomic E-state index is -1.41. The molecule has 1 heterocycles. The number of aromatic amines is 1. The Kier molecular flexibility index (Phi) is 8.76. The second-order valence-corrected chi connectivity index (χ2v) is 5.49. The van der Waals surface area contributed by atoms with Crippen molar-refractivity contribution in [3.63, 3.8) is 0 Å². The number of benzene rings is 1. The maximum absolute atomic E-state index is 11.8. The molecule has 1 aromatic carbocycles. The van der Waals surface area contributed by atoms with E-state index in [4.69, 9.17) is 10.8 Å². The molecule has 0 aliphatic heterocycles. The van der Waals surface area contributed by atoms with E-state index in [0.29, 0.717) is 0 Å². The van der Waals surface area contributed by atoms with E-state index in [-0.39, 0.29) is 70.6 Å². The zero-order valence-corrected chi connectivity index (χ0v) is 16.9. The van der Waals surface area contributed by atoms with Gasteiger partial charge in [-0.25, -0.2) is 0 Å². The number of H-pyrrole nitrogens is 1. The van der Waals surface area contributed by atoms with Gasteiger partial charge in [0.1, 0.15) is 6.04 Å². The van der Waals surface area contributed by atoms with Crippen LogP contribution < -0.4 is 67.5 Å². The predicted octanol–water partition coefficient (Wildman–Crippen LogP) is -3.86. The first kappa shape index (κ1) is 21.8. The summed E-state index contributed by atoms with van der Waals surface area (Å²) in [7, 11) is 0. The zero-order chi connectivity index (χ0) is 17.7. The van der Waals surface area contributed by atoms with E-state index >= 15 is 0 Å². The standard InChI is InChI=1S/C16H19N3O5.K/c17-11(15(21)22)5-6-14(20)19-13(16(23)24)7-9-8-18-12-4-2-1-3-10(9)12;/h1-4,8,11,13,18H,5-7,17H2,(H,19,20)(H,21,22)(H,23,24);/q;+1/p-1/t11-,13-;/m1./s1. The third-order valence-corrected chi connectivity index (χ3v) is 3.72. The second-order valence-electron chi connectivity index (χ2n) is 5.49. The van der Waals surface area contributed by atoms with Gasteiger partial charge in [0.2, 0.25) is 5.91 Å². The number of carboxylic acids is 2. The molecule has 2 rings (SSSR count). The van der Waals surface area contributed by atoms with Gasteiger partial charge < -0.3 is 31.0 Å². The van der Waals surface area contributed by atoms with Crippen LogP contribution in [0.5, 0.6) is 0 Å². The smallest absolute Gasteiger partial charge is 0.548 e. The zero-order valence-electron chi connectivity index (χ0n) is 13.8. The molecule has 9 heteroatoms. The second kappa shape index (κ2) is 10.0. The fourth-order valence-corrected chi connectivity index (χ4v) is 2.39. The van der Waals surface area contributed by atoms with Crippen molar-refractivity contribution in [1.82, 2.24) is 10.3 Å². The quantitative estimate of drug-likeness (QED) is 0.349. The average Bonchev–Trinajstić information content (AvgIpc) is 2.95. The number of amides is 1. The molecule has 0 spiro atoms. The van der Waals surface area contributed by atoms with Crippen molar-refractivity contribution in [3.8, 4) is 0 Å². The summed E-state index contributed by atoms with van der Waals surface area (Å²) in [4.78, 5) is 36.8. The van der Waals surface area contributed by atoms with Crippen molar-refractivity contribution in [3.05, 3.63) is 36.0 Å². The van der Waals surface area contributed by atoms with Crippen LogP contribution in [0.15, 0.2) is 30.5 Å². The Morgan fingerprint density at radius 2 is 1.96 bits per heavy atom. The van der Waals surface area contributed by atoms with Gasteiger partial charge in [0.15, 0.2) is 0 Å². The summed E-state index contributed by atoms with van der Waals surface area (Å²) >= 11 is 0. The third kappa shape index (κ3) is 6.21. The van der Waals surface area contributed by atoms with Crippen molar-refractivity contribution < 1.29 is 76.0 Å². The molecule has 0 saturated carbocycles. The summed E-state index contributed by atoms with van der Waals surface area (Å²) in [5, 5.41) is 23.2. The molecular weight excluding hydrogens is 353 g/mol. The summed E-state index contributed by atoms with van der Waals surface area (Å²) in [6, 6.07) is 5.02. The van der Waals surface area contributed by atoms with Gasteiger partial charge in [0.05, 0.1) is 12.0 Å². The fourth-order valence-electron chi connectivity index (χ4n) is 2.39. The molecule has 8 nitrogen and oxygen atoms in total. The summed E-state index contributed by atoms with van der Waals surface area (Å²) in [5.74, 6) is -3.20. The van der Waals surface area contributed by atoms with Crippen molar-refractivity contribution in [2.24, 2.45) is 5.73 Å². The molecule has 128 valence electrons. The molecule has 0 bridgehead atoms. The number of aliphatic carboxylic acids is 2. The minimum absolute atomic E-state index is 0. The Labute approximate surface area is 186 Å². The van der Waals surface area contributed by atoms with Crippen LogP contribution in [0.2, 0.25) is 0 Å². The van der Waals surface area contributed by atoms with E-state index in [1.54, 1.807) is 6.20 Å². The van der Waals surface area contributed by atoms with Crippen LogP contribution in [-0.4, -0.2) is 40.0 Å². The summed E-state index contributed by atoms with van der Waals surface area (Å²) in [5.41, 5.74) is 6.92. The number of carbonyl (C=O) groups is 3.